The Morgan fingerprint density at radius 3 is 2.76 bits per heavy atom. The monoisotopic (exact) mass is 233 g/mol. The number of nitrogens with zero attached hydrogens (tertiary/aromatic N) is 1. The first-order valence-corrected chi connectivity index (χ1v) is 5.12. The Bertz CT molecular complexity index is 533. The van der Waals surface area contributed by atoms with Crippen molar-refractivity contribution in [2.75, 3.05) is 0 Å². The van der Waals surface area contributed by atoms with Crippen LogP contribution in [0.2, 0.25) is 0 Å². The number of carboxylic acid groups (broad SMARTS) is 1. The molecular weight excluding hydrogens is 222 g/mol. The summed E-state index contributed by atoms with van der Waals surface area (Å²) in [6.45, 7) is 0. The fourth-order valence-electron chi connectivity index (χ4n) is 1.59. The van der Waals surface area contributed by atoms with E-state index in [1.807, 2.05) is 0 Å². The molecule has 2 aromatic rings. The van der Waals surface area contributed by atoms with E-state index >= 15 is 0 Å². The lowest BCUT2D eigenvalue weighted by molar-refractivity contribution is -0.137. The number of benzene rings is 1. The van der Waals surface area contributed by atoms with Gasteiger partial charge in [0.15, 0.2) is 0 Å². The number of rotatable bonds is 4. The van der Waals surface area contributed by atoms with Gasteiger partial charge in [0.25, 0.3) is 0 Å². The van der Waals surface area contributed by atoms with Crippen LogP contribution < -0.4 is 0 Å². The highest BCUT2D eigenvalue weighted by Crippen LogP contribution is 2.31. The van der Waals surface area contributed by atoms with Crippen molar-refractivity contribution in [3.05, 3.63) is 36.2 Å². The van der Waals surface area contributed by atoms with E-state index in [0.717, 1.165) is 0 Å². The molecule has 0 bridgehead atoms. The van der Waals surface area contributed by atoms with Gasteiger partial charge in [-0.2, -0.15) is 0 Å². The van der Waals surface area contributed by atoms with Gasteiger partial charge in [0.05, 0.1) is 12.6 Å². The van der Waals surface area contributed by atoms with Gasteiger partial charge >= 0.3 is 5.97 Å². The van der Waals surface area contributed by atoms with Crippen molar-refractivity contribution < 1.29 is 19.5 Å². The first-order valence-electron chi connectivity index (χ1n) is 5.12. The molecule has 17 heavy (non-hydrogen) atoms. The molecule has 2 N–H and O–H groups in total. The van der Waals surface area contributed by atoms with Crippen LogP contribution in [0.15, 0.2) is 35.0 Å². The number of phenolic OH excluding ortho intramolecular Hbond substituents is 1. The molecule has 0 aliphatic carbocycles. The molecule has 88 valence electrons. The van der Waals surface area contributed by atoms with Gasteiger partial charge < -0.3 is 14.7 Å². The maximum atomic E-state index is 10.5. The van der Waals surface area contributed by atoms with Gasteiger partial charge in [-0.3, -0.25) is 4.79 Å². The molecule has 0 fully saturated rings. The van der Waals surface area contributed by atoms with Crippen molar-refractivity contribution in [3.63, 3.8) is 0 Å². The Hall–Kier alpha value is -2.30. The first kappa shape index (κ1) is 11.2. The first-order chi connectivity index (χ1) is 8.18. The number of para-hydroxylation sites is 1. The third-order valence-electron chi connectivity index (χ3n) is 2.41. The highest BCUT2D eigenvalue weighted by molar-refractivity contribution is 5.72. The largest absolute Gasteiger partial charge is 0.507 e. The summed E-state index contributed by atoms with van der Waals surface area (Å²) in [6.07, 6.45) is 1.70. The molecule has 0 spiro atoms. The molecule has 1 aromatic heterocycles. The van der Waals surface area contributed by atoms with Crippen molar-refractivity contribution in [1.82, 2.24) is 5.16 Å². The van der Waals surface area contributed by atoms with Crippen molar-refractivity contribution in [1.29, 1.82) is 0 Å². The predicted molar refractivity (Wildman–Crippen MR) is 59.6 cm³/mol. The molecule has 0 atom stereocenters. The summed E-state index contributed by atoms with van der Waals surface area (Å²) in [5, 5.41) is 22.0. The van der Waals surface area contributed by atoms with Crippen LogP contribution in [0.4, 0.5) is 0 Å². The smallest absolute Gasteiger partial charge is 0.303 e. The van der Waals surface area contributed by atoms with Crippen molar-refractivity contribution in [3.8, 4) is 16.9 Å². The Labute approximate surface area is 97.3 Å². The van der Waals surface area contributed by atoms with Gasteiger partial charge in [0.1, 0.15) is 11.5 Å². The molecule has 5 heteroatoms. The van der Waals surface area contributed by atoms with Crippen LogP contribution in [0.5, 0.6) is 5.75 Å². The molecule has 1 heterocycles. The molecule has 0 amide bonds. The quantitative estimate of drug-likeness (QED) is 0.844. The Balaban J connectivity index is 2.31. The second-order valence-corrected chi connectivity index (χ2v) is 3.57. The zero-order valence-electron chi connectivity index (χ0n) is 8.96. The molecule has 0 aliphatic heterocycles. The normalized spacial score (nSPS) is 10.4. The lowest BCUT2D eigenvalue weighted by Crippen LogP contribution is -1.97. The summed E-state index contributed by atoms with van der Waals surface area (Å²) < 4.78 is 5.00. The van der Waals surface area contributed by atoms with Gasteiger partial charge in [-0.15, -0.1) is 0 Å². The molecule has 0 unspecified atom stereocenters. The lowest BCUT2D eigenvalue weighted by Gasteiger charge is -2.02. The number of carbonyl (C=O) groups is 1. The fourth-order valence-corrected chi connectivity index (χ4v) is 1.59. The average molecular weight is 233 g/mol. The molecular formula is C12H11NO4. The van der Waals surface area contributed by atoms with Gasteiger partial charge in [0, 0.05) is 17.5 Å². The number of aryl methyl sites for hydroxylation is 1. The molecule has 2 rings (SSSR count). The number of phenols is 1. The SMILES string of the molecule is O=C(O)CCc1oncc1-c1ccccc1O. The third-order valence-corrected chi connectivity index (χ3v) is 2.41. The summed E-state index contributed by atoms with van der Waals surface area (Å²) in [7, 11) is 0. The minimum atomic E-state index is -0.898. The number of aliphatic carboxylic acids is 1. The summed E-state index contributed by atoms with van der Waals surface area (Å²) in [6, 6.07) is 6.78. The van der Waals surface area contributed by atoms with E-state index in [0.29, 0.717) is 16.9 Å². The second-order valence-electron chi connectivity index (χ2n) is 3.57. The Morgan fingerprint density at radius 2 is 2.06 bits per heavy atom. The summed E-state index contributed by atoms with van der Waals surface area (Å²) in [5.41, 5.74) is 1.22. The molecule has 0 saturated carbocycles. The molecule has 0 saturated heterocycles. The van der Waals surface area contributed by atoms with Crippen molar-refractivity contribution in [2.24, 2.45) is 0 Å². The minimum Gasteiger partial charge on any atom is -0.507 e. The fraction of sp³-hybridized carbons (Fsp3) is 0.167. The van der Waals surface area contributed by atoms with Crippen molar-refractivity contribution in [2.45, 2.75) is 12.8 Å². The molecule has 1 aromatic carbocycles. The van der Waals surface area contributed by atoms with E-state index in [1.165, 1.54) is 6.20 Å². The summed E-state index contributed by atoms with van der Waals surface area (Å²) in [4.78, 5) is 10.5. The summed E-state index contributed by atoms with van der Waals surface area (Å²) in [5.74, 6) is -0.314. The van der Waals surface area contributed by atoms with Crippen LogP contribution in [-0.4, -0.2) is 21.3 Å². The number of carboxylic acids is 1. The maximum absolute atomic E-state index is 10.5. The van der Waals surface area contributed by atoms with Crippen LogP contribution >= 0.6 is 0 Å². The van der Waals surface area contributed by atoms with Crippen LogP contribution in [0.25, 0.3) is 11.1 Å². The Morgan fingerprint density at radius 1 is 1.29 bits per heavy atom. The highest BCUT2D eigenvalue weighted by atomic mass is 16.5. The van der Waals surface area contributed by atoms with Crippen LogP contribution in [0.1, 0.15) is 12.2 Å². The highest BCUT2D eigenvalue weighted by Gasteiger charge is 2.14. The van der Waals surface area contributed by atoms with Crippen LogP contribution in [0.3, 0.4) is 0 Å². The number of hydrogen-bond acceptors (Lipinski definition) is 4. The maximum Gasteiger partial charge on any atom is 0.303 e. The van der Waals surface area contributed by atoms with E-state index in [2.05, 4.69) is 5.16 Å². The zero-order valence-corrected chi connectivity index (χ0v) is 8.96. The minimum absolute atomic E-state index is 0.0320. The summed E-state index contributed by atoms with van der Waals surface area (Å²) >= 11 is 0. The molecule has 0 aliphatic rings. The van der Waals surface area contributed by atoms with E-state index < -0.39 is 5.97 Å². The van der Waals surface area contributed by atoms with Gasteiger partial charge in [-0.05, 0) is 6.07 Å². The van der Waals surface area contributed by atoms with Gasteiger partial charge in [-0.25, -0.2) is 0 Å². The van der Waals surface area contributed by atoms with E-state index in [1.54, 1.807) is 24.3 Å². The topological polar surface area (TPSA) is 83.6 Å². The van der Waals surface area contributed by atoms with E-state index in [9.17, 15) is 9.90 Å². The number of hydrogen-bond donors (Lipinski definition) is 2. The average Bonchev–Trinajstić information content (AvgIpc) is 2.75. The number of aromatic hydroxyl groups is 1. The van der Waals surface area contributed by atoms with Gasteiger partial charge in [0.2, 0.25) is 0 Å². The van der Waals surface area contributed by atoms with Gasteiger partial charge in [-0.1, -0.05) is 23.4 Å². The predicted octanol–water partition coefficient (Wildman–Crippen LogP) is 2.06. The van der Waals surface area contributed by atoms with E-state index in [4.69, 9.17) is 9.63 Å². The second kappa shape index (κ2) is 4.69. The zero-order chi connectivity index (χ0) is 12.3. The standard InChI is InChI=1S/C12H11NO4/c14-10-4-2-1-3-8(10)9-7-13-17-11(9)5-6-12(15)16/h1-4,7,14H,5-6H2,(H,15,16). The van der Waals surface area contributed by atoms with Crippen LogP contribution in [-0.2, 0) is 11.2 Å². The lowest BCUT2D eigenvalue weighted by atomic mass is 10.0. The Kier molecular flexibility index (Phi) is 3.09. The van der Waals surface area contributed by atoms with E-state index in [-0.39, 0.29) is 18.6 Å². The number of aromatic nitrogens is 1. The third kappa shape index (κ3) is 2.44. The molecule has 0 radical (unpaired) electrons. The van der Waals surface area contributed by atoms with Crippen molar-refractivity contribution >= 4 is 5.97 Å². The molecule has 5 nitrogen and oxygen atoms in total. The van der Waals surface area contributed by atoms with Crippen LogP contribution in [0, 0.1) is 0 Å².